The summed E-state index contributed by atoms with van der Waals surface area (Å²) in [6, 6.07) is 7.48. The van der Waals surface area contributed by atoms with Crippen molar-refractivity contribution in [3.05, 3.63) is 46.4 Å². The molecule has 0 N–H and O–H groups in total. The first-order valence-corrected chi connectivity index (χ1v) is 7.69. The molecule has 1 atom stereocenters. The fourth-order valence-corrected chi connectivity index (χ4v) is 2.91. The average Bonchev–Trinajstić information content (AvgIpc) is 2.94. The van der Waals surface area contributed by atoms with Crippen LogP contribution in [0.15, 0.2) is 35.8 Å². The quantitative estimate of drug-likeness (QED) is 0.848. The Bertz CT molecular complexity index is 566. The molecule has 1 aromatic heterocycles. The summed E-state index contributed by atoms with van der Waals surface area (Å²) in [6.45, 7) is 4.10. The Balaban J connectivity index is 2.29. The van der Waals surface area contributed by atoms with Gasteiger partial charge in [-0.1, -0.05) is 37.6 Å². The van der Waals surface area contributed by atoms with Crippen molar-refractivity contribution in [2.45, 2.75) is 19.8 Å². The number of likely N-dealkylation sites (N-methyl/N-ethyl adjacent to an activating group) is 1. The van der Waals surface area contributed by atoms with Crippen molar-refractivity contribution in [1.29, 1.82) is 0 Å². The first kappa shape index (κ1) is 15.0. The van der Waals surface area contributed by atoms with E-state index in [0.717, 1.165) is 10.7 Å². The van der Waals surface area contributed by atoms with Crippen LogP contribution in [0.1, 0.15) is 25.3 Å². The third kappa shape index (κ3) is 3.19. The number of hydrogen-bond acceptors (Lipinski definition) is 3. The highest BCUT2D eigenvalue weighted by atomic mass is 35.5. The second-order valence-corrected chi connectivity index (χ2v) is 6.29. The van der Waals surface area contributed by atoms with Crippen LogP contribution in [-0.2, 0) is 4.79 Å². The van der Waals surface area contributed by atoms with Crippen molar-refractivity contribution < 1.29 is 4.79 Å². The predicted molar refractivity (Wildman–Crippen MR) is 84.6 cm³/mol. The minimum absolute atomic E-state index is 0.0530. The highest BCUT2D eigenvalue weighted by Crippen LogP contribution is 2.29. The van der Waals surface area contributed by atoms with Crippen LogP contribution in [0.3, 0.4) is 0 Å². The van der Waals surface area contributed by atoms with Gasteiger partial charge in [0, 0.05) is 23.6 Å². The fraction of sp³-hybridized carbons (Fsp3) is 0.333. The van der Waals surface area contributed by atoms with E-state index in [9.17, 15) is 4.79 Å². The summed E-state index contributed by atoms with van der Waals surface area (Å²) < 4.78 is 0. The van der Waals surface area contributed by atoms with E-state index >= 15 is 0 Å². The number of amides is 1. The standard InChI is InChI=1S/C15H17ClN2OS/c1-10(2)13(11-4-6-12(16)7-5-11)14(19)18(3)15-17-8-9-20-15/h4-10,13H,1-3H3/t13-/m0/s1. The Hall–Kier alpha value is -1.39. The van der Waals surface area contributed by atoms with Crippen LogP contribution >= 0.6 is 22.9 Å². The summed E-state index contributed by atoms with van der Waals surface area (Å²) >= 11 is 7.37. The molecule has 1 aromatic carbocycles. The third-order valence-electron chi connectivity index (χ3n) is 3.20. The van der Waals surface area contributed by atoms with Gasteiger partial charge in [-0.15, -0.1) is 11.3 Å². The molecule has 2 rings (SSSR count). The molecule has 0 spiro atoms. The van der Waals surface area contributed by atoms with Gasteiger partial charge in [-0.05, 0) is 23.6 Å². The average molecular weight is 309 g/mol. The van der Waals surface area contributed by atoms with Crippen LogP contribution in [0.2, 0.25) is 5.02 Å². The molecule has 0 fully saturated rings. The minimum Gasteiger partial charge on any atom is -0.291 e. The molecule has 0 aliphatic heterocycles. The summed E-state index contributed by atoms with van der Waals surface area (Å²) in [7, 11) is 1.77. The number of nitrogens with zero attached hydrogens (tertiary/aromatic N) is 2. The number of hydrogen-bond donors (Lipinski definition) is 0. The number of benzene rings is 1. The summed E-state index contributed by atoms with van der Waals surface area (Å²) in [6.07, 6.45) is 1.70. The van der Waals surface area contributed by atoms with Gasteiger partial charge in [0.15, 0.2) is 5.13 Å². The zero-order valence-electron chi connectivity index (χ0n) is 11.7. The minimum atomic E-state index is -0.193. The van der Waals surface area contributed by atoms with Crippen molar-refractivity contribution in [2.75, 3.05) is 11.9 Å². The molecular weight excluding hydrogens is 292 g/mol. The topological polar surface area (TPSA) is 33.2 Å². The maximum atomic E-state index is 12.7. The summed E-state index contributed by atoms with van der Waals surface area (Å²) in [5.74, 6) is 0.0597. The Labute approximate surface area is 128 Å². The lowest BCUT2D eigenvalue weighted by Crippen LogP contribution is -2.34. The van der Waals surface area contributed by atoms with Crippen LogP contribution < -0.4 is 4.90 Å². The molecule has 5 heteroatoms. The second-order valence-electron chi connectivity index (χ2n) is 4.99. The molecule has 0 radical (unpaired) electrons. The Morgan fingerprint density at radius 3 is 2.45 bits per heavy atom. The van der Waals surface area contributed by atoms with Gasteiger partial charge in [-0.3, -0.25) is 9.69 Å². The van der Waals surface area contributed by atoms with Crippen LogP contribution in [0.5, 0.6) is 0 Å². The van der Waals surface area contributed by atoms with Gasteiger partial charge in [-0.2, -0.15) is 0 Å². The maximum absolute atomic E-state index is 12.7. The second kappa shape index (κ2) is 6.37. The van der Waals surface area contributed by atoms with Crippen LogP contribution in [-0.4, -0.2) is 17.9 Å². The Kier molecular flexibility index (Phi) is 4.78. The number of carbonyl (C=O) groups excluding carboxylic acids is 1. The van der Waals surface area contributed by atoms with Gasteiger partial charge in [0.2, 0.25) is 5.91 Å². The predicted octanol–water partition coefficient (Wildman–Crippen LogP) is 4.20. The molecule has 1 heterocycles. The highest BCUT2D eigenvalue weighted by molar-refractivity contribution is 7.13. The molecular formula is C15H17ClN2OS. The van der Waals surface area contributed by atoms with E-state index in [1.165, 1.54) is 11.3 Å². The van der Waals surface area contributed by atoms with Gasteiger partial charge < -0.3 is 0 Å². The molecule has 0 saturated carbocycles. The highest BCUT2D eigenvalue weighted by Gasteiger charge is 2.28. The van der Waals surface area contributed by atoms with E-state index in [4.69, 9.17) is 11.6 Å². The summed E-state index contributed by atoms with van der Waals surface area (Å²) in [5, 5.41) is 3.26. The van der Waals surface area contributed by atoms with Gasteiger partial charge >= 0.3 is 0 Å². The van der Waals surface area contributed by atoms with E-state index in [1.807, 2.05) is 43.5 Å². The van der Waals surface area contributed by atoms with Crippen LogP contribution in [0.25, 0.3) is 0 Å². The summed E-state index contributed by atoms with van der Waals surface area (Å²) in [4.78, 5) is 18.5. The normalized spacial score (nSPS) is 12.4. The molecule has 106 valence electrons. The number of anilines is 1. The summed E-state index contributed by atoms with van der Waals surface area (Å²) in [5.41, 5.74) is 0.984. The molecule has 0 unspecified atom stereocenters. The van der Waals surface area contributed by atoms with Gasteiger partial charge in [0.1, 0.15) is 0 Å². The SMILES string of the molecule is CC(C)[C@H](C(=O)N(C)c1nccs1)c1ccc(Cl)cc1. The zero-order chi connectivity index (χ0) is 14.7. The lowest BCUT2D eigenvalue weighted by molar-refractivity contribution is -0.120. The number of halogens is 1. The van der Waals surface area contributed by atoms with E-state index in [0.29, 0.717) is 5.02 Å². The first-order valence-electron chi connectivity index (χ1n) is 6.43. The number of thiazole rings is 1. The van der Waals surface area contributed by atoms with Crippen molar-refractivity contribution in [3.63, 3.8) is 0 Å². The van der Waals surface area contributed by atoms with Crippen LogP contribution in [0, 0.1) is 5.92 Å². The molecule has 3 nitrogen and oxygen atoms in total. The fourth-order valence-electron chi connectivity index (χ4n) is 2.17. The van der Waals surface area contributed by atoms with Gasteiger partial charge in [-0.25, -0.2) is 4.98 Å². The number of aromatic nitrogens is 1. The maximum Gasteiger partial charge on any atom is 0.236 e. The molecule has 0 aliphatic carbocycles. The molecule has 0 aliphatic rings. The Morgan fingerprint density at radius 2 is 1.95 bits per heavy atom. The first-order chi connectivity index (χ1) is 9.50. The largest absolute Gasteiger partial charge is 0.291 e. The molecule has 1 amide bonds. The lowest BCUT2D eigenvalue weighted by atomic mass is 9.87. The Morgan fingerprint density at radius 1 is 1.30 bits per heavy atom. The van der Waals surface area contributed by atoms with E-state index in [-0.39, 0.29) is 17.7 Å². The molecule has 0 saturated heterocycles. The molecule has 0 bridgehead atoms. The van der Waals surface area contributed by atoms with E-state index in [2.05, 4.69) is 4.98 Å². The monoisotopic (exact) mass is 308 g/mol. The smallest absolute Gasteiger partial charge is 0.236 e. The molecule has 20 heavy (non-hydrogen) atoms. The third-order valence-corrected chi connectivity index (χ3v) is 4.30. The van der Waals surface area contributed by atoms with Crippen molar-refractivity contribution in [1.82, 2.24) is 4.98 Å². The number of rotatable bonds is 4. The van der Waals surface area contributed by atoms with Crippen molar-refractivity contribution >= 4 is 34.0 Å². The van der Waals surface area contributed by atoms with Crippen LogP contribution in [0.4, 0.5) is 5.13 Å². The van der Waals surface area contributed by atoms with E-state index in [1.54, 1.807) is 18.1 Å². The molecule has 2 aromatic rings. The van der Waals surface area contributed by atoms with E-state index < -0.39 is 0 Å². The zero-order valence-corrected chi connectivity index (χ0v) is 13.3. The van der Waals surface area contributed by atoms with Gasteiger partial charge in [0.25, 0.3) is 0 Å². The number of carbonyl (C=O) groups is 1. The lowest BCUT2D eigenvalue weighted by Gasteiger charge is -2.25. The van der Waals surface area contributed by atoms with Crippen molar-refractivity contribution in [3.8, 4) is 0 Å². The van der Waals surface area contributed by atoms with Crippen molar-refractivity contribution in [2.24, 2.45) is 5.92 Å². The van der Waals surface area contributed by atoms with Gasteiger partial charge in [0.05, 0.1) is 5.92 Å².